The molecule has 2 aliphatic rings. The maximum atomic E-state index is 12.5. The molecule has 5 heteroatoms. The van der Waals surface area contributed by atoms with Gasteiger partial charge in [0.25, 0.3) is 0 Å². The van der Waals surface area contributed by atoms with Crippen LogP contribution in [0.2, 0.25) is 0 Å². The summed E-state index contributed by atoms with van der Waals surface area (Å²) in [6.07, 6.45) is 4.50. The number of carboxylic acid groups (broad SMARTS) is 1. The zero-order chi connectivity index (χ0) is 16.2. The standard InChI is InChI=1S/C18H23NO4/c20-17(21)15-9-10-16(14-7-4-8-14)19(11-15)18(22)23-12-13-5-2-1-3-6-13/h1-3,5-6,14-16H,4,7-12H2,(H,20,21). The van der Waals surface area contributed by atoms with E-state index in [4.69, 9.17) is 4.74 Å². The number of carbonyl (C=O) groups excluding carboxylic acids is 1. The molecular formula is C18H23NO4. The van der Waals surface area contributed by atoms with Crippen LogP contribution in [-0.2, 0) is 16.1 Å². The average molecular weight is 317 g/mol. The molecule has 0 aromatic heterocycles. The van der Waals surface area contributed by atoms with E-state index in [9.17, 15) is 14.7 Å². The fraction of sp³-hybridized carbons (Fsp3) is 0.556. The van der Waals surface area contributed by atoms with E-state index in [1.54, 1.807) is 4.90 Å². The number of nitrogens with zero attached hydrogens (tertiary/aromatic N) is 1. The van der Waals surface area contributed by atoms with Crippen molar-refractivity contribution in [2.75, 3.05) is 6.54 Å². The number of piperidine rings is 1. The molecule has 0 bridgehead atoms. The number of aliphatic carboxylic acids is 1. The molecule has 5 nitrogen and oxygen atoms in total. The predicted molar refractivity (Wildman–Crippen MR) is 84.8 cm³/mol. The van der Waals surface area contributed by atoms with Crippen molar-refractivity contribution in [1.82, 2.24) is 4.90 Å². The van der Waals surface area contributed by atoms with Crippen molar-refractivity contribution >= 4 is 12.1 Å². The predicted octanol–water partition coefficient (Wildman–Crippen LogP) is 3.29. The van der Waals surface area contributed by atoms with Crippen LogP contribution in [0, 0.1) is 11.8 Å². The molecule has 1 heterocycles. The fourth-order valence-corrected chi connectivity index (χ4v) is 3.52. The lowest BCUT2D eigenvalue weighted by Crippen LogP contribution is -2.53. The summed E-state index contributed by atoms with van der Waals surface area (Å²) in [6.45, 7) is 0.495. The summed E-state index contributed by atoms with van der Waals surface area (Å²) in [6, 6.07) is 9.69. The van der Waals surface area contributed by atoms with E-state index in [1.165, 1.54) is 6.42 Å². The lowest BCUT2D eigenvalue weighted by atomic mass is 9.75. The molecule has 2 unspecified atom stereocenters. The van der Waals surface area contributed by atoms with Crippen molar-refractivity contribution in [3.63, 3.8) is 0 Å². The monoisotopic (exact) mass is 317 g/mol. The molecule has 1 amide bonds. The summed E-state index contributed by atoms with van der Waals surface area (Å²) in [7, 11) is 0. The molecule has 1 aliphatic heterocycles. The van der Waals surface area contributed by atoms with Gasteiger partial charge in [-0.05, 0) is 37.2 Å². The van der Waals surface area contributed by atoms with Gasteiger partial charge in [-0.2, -0.15) is 0 Å². The maximum absolute atomic E-state index is 12.5. The molecule has 2 fully saturated rings. The van der Waals surface area contributed by atoms with Crippen LogP contribution in [0.4, 0.5) is 4.79 Å². The Morgan fingerprint density at radius 2 is 1.87 bits per heavy atom. The van der Waals surface area contributed by atoms with Gasteiger partial charge in [0, 0.05) is 12.6 Å². The Bertz CT molecular complexity index is 555. The number of carbonyl (C=O) groups is 2. The molecule has 0 radical (unpaired) electrons. The van der Waals surface area contributed by atoms with Crippen LogP contribution >= 0.6 is 0 Å². The highest BCUT2D eigenvalue weighted by Crippen LogP contribution is 2.38. The Morgan fingerprint density at radius 3 is 2.48 bits per heavy atom. The van der Waals surface area contributed by atoms with E-state index in [0.29, 0.717) is 12.3 Å². The summed E-state index contributed by atoms with van der Waals surface area (Å²) in [5.74, 6) is -0.789. The van der Waals surface area contributed by atoms with Crippen LogP contribution in [0.3, 0.4) is 0 Å². The quantitative estimate of drug-likeness (QED) is 0.925. The Hall–Kier alpha value is -2.04. The first kappa shape index (κ1) is 15.8. The molecule has 1 saturated heterocycles. The molecule has 1 aliphatic carbocycles. The molecule has 124 valence electrons. The van der Waals surface area contributed by atoms with Crippen LogP contribution in [-0.4, -0.2) is 34.7 Å². The minimum Gasteiger partial charge on any atom is -0.481 e. The van der Waals surface area contributed by atoms with Crippen LogP contribution in [0.15, 0.2) is 30.3 Å². The highest BCUT2D eigenvalue weighted by Gasteiger charge is 2.41. The molecule has 1 aromatic carbocycles. The number of likely N-dealkylation sites (tertiary alicyclic amines) is 1. The van der Waals surface area contributed by atoms with Crippen LogP contribution in [0.1, 0.15) is 37.7 Å². The molecule has 2 atom stereocenters. The first-order valence-electron chi connectivity index (χ1n) is 8.35. The highest BCUT2D eigenvalue weighted by atomic mass is 16.6. The van der Waals surface area contributed by atoms with Gasteiger partial charge in [-0.15, -0.1) is 0 Å². The second-order valence-electron chi connectivity index (χ2n) is 6.56. The third-order valence-electron chi connectivity index (χ3n) is 5.11. The summed E-state index contributed by atoms with van der Waals surface area (Å²) in [5, 5.41) is 9.26. The van der Waals surface area contributed by atoms with Crippen molar-refractivity contribution in [2.45, 2.75) is 44.8 Å². The number of amides is 1. The lowest BCUT2D eigenvalue weighted by molar-refractivity contribution is -0.144. The lowest BCUT2D eigenvalue weighted by Gasteiger charge is -2.44. The largest absolute Gasteiger partial charge is 0.481 e. The summed E-state index contributed by atoms with van der Waals surface area (Å²) < 4.78 is 5.44. The van der Waals surface area contributed by atoms with Gasteiger partial charge in [0.2, 0.25) is 0 Å². The van der Waals surface area contributed by atoms with Crippen molar-refractivity contribution < 1.29 is 19.4 Å². The number of hydrogen-bond acceptors (Lipinski definition) is 3. The maximum Gasteiger partial charge on any atom is 0.410 e. The normalized spacial score (nSPS) is 24.8. The minimum atomic E-state index is -0.821. The van der Waals surface area contributed by atoms with Gasteiger partial charge in [0.05, 0.1) is 5.92 Å². The van der Waals surface area contributed by atoms with Gasteiger partial charge in [-0.3, -0.25) is 4.79 Å². The summed E-state index contributed by atoms with van der Waals surface area (Å²) in [5.41, 5.74) is 0.938. The van der Waals surface area contributed by atoms with Crippen molar-refractivity contribution in [2.24, 2.45) is 11.8 Å². The smallest absolute Gasteiger partial charge is 0.410 e. The Kier molecular flexibility index (Phi) is 4.84. The summed E-state index contributed by atoms with van der Waals surface area (Å²) in [4.78, 5) is 25.5. The number of hydrogen-bond donors (Lipinski definition) is 1. The Morgan fingerprint density at radius 1 is 1.13 bits per heavy atom. The molecule has 1 saturated carbocycles. The van der Waals surface area contributed by atoms with E-state index in [-0.39, 0.29) is 25.3 Å². The van der Waals surface area contributed by atoms with Gasteiger partial charge in [0.15, 0.2) is 0 Å². The zero-order valence-electron chi connectivity index (χ0n) is 13.2. The van der Waals surface area contributed by atoms with Crippen LogP contribution < -0.4 is 0 Å². The topological polar surface area (TPSA) is 66.8 Å². The van der Waals surface area contributed by atoms with Gasteiger partial charge in [-0.1, -0.05) is 36.8 Å². The van der Waals surface area contributed by atoms with Gasteiger partial charge in [0.1, 0.15) is 6.61 Å². The molecular weight excluding hydrogens is 294 g/mol. The Labute approximate surface area is 136 Å². The van der Waals surface area contributed by atoms with Crippen molar-refractivity contribution in [3.8, 4) is 0 Å². The zero-order valence-corrected chi connectivity index (χ0v) is 13.2. The number of rotatable bonds is 4. The van der Waals surface area contributed by atoms with E-state index < -0.39 is 11.9 Å². The second kappa shape index (κ2) is 7.02. The molecule has 23 heavy (non-hydrogen) atoms. The summed E-state index contributed by atoms with van der Waals surface area (Å²) >= 11 is 0. The first-order chi connectivity index (χ1) is 11.1. The fourth-order valence-electron chi connectivity index (χ4n) is 3.52. The van der Waals surface area contributed by atoms with Gasteiger partial charge >= 0.3 is 12.1 Å². The minimum absolute atomic E-state index is 0.141. The van der Waals surface area contributed by atoms with Crippen LogP contribution in [0.5, 0.6) is 0 Å². The molecule has 1 N–H and O–H groups in total. The van der Waals surface area contributed by atoms with Crippen molar-refractivity contribution in [3.05, 3.63) is 35.9 Å². The van der Waals surface area contributed by atoms with E-state index in [0.717, 1.165) is 24.8 Å². The molecule has 0 spiro atoms. The van der Waals surface area contributed by atoms with E-state index in [1.807, 2.05) is 30.3 Å². The first-order valence-corrected chi connectivity index (χ1v) is 8.35. The number of carboxylic acids is 1. The van der Waals surface area contributed by atoms with E-state index in [2.05, 4.69) is 0 Å². The second-order valence-corrected chi connectivity index (χ2v) is 6.56. The third kappa shape index (κ3) is 3.66. The van der Waals surface area contributed by atoms with Crippen molar-refractivity contribution in [1.29, 1.82) is 0 Å². The molecule has 1 aromatic rings. The number of ether oxygens (including phenoxy) is 1. The SMILES string of the molecule is O=C(O)C1CCC(C2CCC2)N(C(=O)OCc2ccccc2)C1. The van der Waals surface area contributed by atoms with Gasteiger partial charge in [-0.25, -0.2) is 4.79 Å². The molecule has 3 rings (SSSR count). The van der Waals surface area contributed by atoms with E-state index >= 15 is 0 Å². The third-order valence-corrected chi connectivity index (χ3v) is 5.11. The van der Waals surface area contributed by atoms with Crippen LogP contribution in [0.25, 0.3) is 0 Å². The number of benzene rings is 1. The van der Waals surface area contributed by atoms with Gasteiger partial charge < -0.3 is 14.7 Å². The average Bonchev–Trinajstić information content (AvgIpc) is 2.52. The Balaban J connectivity index is 1.64. The highest BCUT2D eigenvalue weighted by molar-refractivity contribution is 5.73.